The summed E-state index contributed by atoms with van der Waals surface area (Å²) in [7, 11) is 0. The maximum Gasteiger partial charge on any atom is 0.303 e. The van der Waals surface area contributed by atoms with Crippen LogP contribution >= 0.6 is 0 Å². The second kappa shape index (κ2) is 6.72. The standard InChI is InChI=1S/C23H34O4/c1-14(24)27-13-21(26)20-7-6-18-17-5-4-15-12-16(25)8-10-22(15,2)19(17)9-11-23(18,20)3/h4,16-20,25H,5-13H2,1-3H3/t16-,17-,18+,19+,20-,22-,23-/m0/s1. The van der Waals surface area contributed by atoms with E-state index in [1.165, 1.54) is 18.9 Å². The summed E-state index contributed by atoms with van der Waals surface area (Å²) in [6, 6.07) is 0. The number of aliphatic hydroxyl groups is 1. The second-order valence-electron chi connectivity index (χ2n) is 10.1. The zero-order chi connectivity index (χ0) is 19.4. The first-order valence-electron chi connectivity index (χ1n) is 10.8. The zero-order valence-electron chi connectivity index (χ0n) is 17.0. The summed E-state index contributed by atoms with van der Waals surface area (Å²) < 4.78 is 5.02. The third kappa shape index (κ3) is 2.99. The molecule has 0 heterocycles. The first-order valence-corrected chi connectivity index (χ1v) is 10.8. The van der Waals surface area contributed by atoms with Crippen molar-refractivity contribution in [3.8, 4) is 0 Å². The van der Waals surface area contributed by atoms with E-state index in [0.717, 1.165) is 44.9 Å². The number of fused-ring (bicyclic) bond motifs is 5. The highest BCUT2D eigenvalue weighted by molar-refractivity contribution is 5.85. The van der Waals surface area contributed by atoms with Crippen LogP contribution in [0.15, 0.2) is 11.6 Å². The number of esters is 1. The lowest BCUT2D eigenvalue weighted by Crippen LogP contribution is -2.51. The highest BCUT2D eigenvalue weighted by atomic mass is 16.5. The van der Waals surface area contributed by atoms with Gasteiger partial charge in [0.1, 0.15) is 6.61 Å². The Morgan fingerprint density at radius 2 is 1.93 bits per heavy atom. The Morgan fingerprint density at radius 3 is 2.67 bits per heavy atom. The van der Waals surface area contributed by atoms with E-state index >= 15 is 0 Å². The molecular weight excluding hydrogens is 340 g/mol. The van der Waals surface area contributed by atoms with Gasteiger partial charge in [0, 0.05) is 12.8 Å². The number of hydrogen-bond donors (Lipinski definition) is 1. The molecule has 0 amide bonds. The number of rotatable bonds is 3. The van der Waals surface area contributed by atoms with Gasteiger partial charge in [0.2, 0.25) is 0 Å². The molecule has 3 saturated carbocycles. The van der Waals surface area contributed by atoms with E-state index in [0.29, 0.717) is 17.8 Å². The van der Waals surface area contributed by atoms with Crippen molar-refractivity contribution in [1.29, 1.82) is 0 Å². The summed E-state index contributed by atoms with van der Waals surface area (Å²) in [5.74, 6) is 1.71. The molecule has 0 radical (unpaired) electrons. The van der Waals surface area contributed by atoms with Crippen molar-refractivity contribution < 1.29 is 19.4 Å². The SMILES string of the molecule is CC(=O)OCC(=O)[C@@H]1CC[C@@H]2[C@@H]3CC=C4C[C@@H](O)CC[C@]4(C)[C@@H]3CC[C@@]21C. The quantitative estimate of drug-likeness (QED) is 0.598. The zero-order valence-corrected chi connectivity index (χ0v) is 17.0. The summed E-state index contributed by atoms with van der Waals surface area (Å²) in [5.41, 5.74) is 1.78. The predicted molar refractivity (Wildman–Crippen MR) is 103 cm³/mol. The fraction of sp³-hybridized carbons (Fsp3) is 0.826. The van der Waals surface area contributed by atoms with Gasteiger partial charge < -0.3 is 9.84 Å². The maximum absolute atomic E-state index is 12.8. The van der Waals surface area contributed by atoms with Crippen molar-refractivity contribution in [2.24, 2.45) is 34.5 Å². The molecule has 4 aliphatic rings. The molecule has 3 fully saturated rings. The lowest BCUT2D eigenvalue weighted by molar-refractivity contribution is -0.149. The minimum absolute atomic E-state index is 0.0363. The summed E-state index contributed by atoms with van der Waals surface area (Å²) >= 11 is 0. The Hall–Kier alpha value is -1.16. The maximum atomic E-state index is 12.8. The van der Waals surface area contributed by atoms with Gasteiger partial charge in [-0.05, 0) is 80.0 Å². The highest BCUT2D eigenvalue weighted by Crippen LogP contribution is 2.66. The molecule has 0 spiro atoms. The fourth-order valence-corrected chi connectivity index (χ4v) is 7.44. The van der Waals surface area contributed by atoms with Gasteiger partial charge in [-0.25, -0.2) is 0 Å². The van der Waals surface area contributed by atoms with Crippen molar-refractivity contribution in [2.75, 3.05) is 6.61 Å². The molecule has 0 aliphatic heterocycles. The number of aliphatic hydroxyl groups excluding tert-OH is 1. The van der Waals surface area contributed by atoms with Gasteiger partial charge >= 0.3 is 5.97 Å². The Kier molecular flexibility index (Phi) is 4.77. The molecule has 0 bridgehead atoms. The monoisotopic (exact) mass is 374 g/mol. The van der Waals surface area contributed by atoms with E-state index in [9.17, 15) is 14.7 Å². The van der Waals surface area contributed by atoms with E-state index in [2.05, 4.69) is 19.9 Å². The number of ether oxygens (including phenoxy) is 1. The molecule has 0 saturated heterocycles. The van der Waals surface area contributed by atoms with Gasteiger partial charge in [0.25, 0.3) is 0 Å². The number of ketones is 1. The molecule has 150 valence electrons. The van der Waals surface area contributed by atoms with E-state index in [-0.39, 0.29) is 41.2 Å². The molecule has 4 rings (SSSR count). The van der Waals surface area contributed by atoms with Gasteiger partial charge in [0.15, 0.2) is 5.78 Å². The van der Waals surface area contributed by atoms with E-state index in [1.54, 1.807) is 0 Å². The first kappa shape index (κ1) is 19.2. The van der Waals surface area contributed by atoms with Crippen LogP contribution in [0.2, 0.25) is 0 Å². The van der Waals surface area contributed by atoms with Crippen molar-refractivity contribution in [1.82, 2.24) is 0 Å². The molecule has 4 aliphatic carbocycles. The minimum Gasteiger partial charge on any atom is -0.458 e. The largest absolute Gasteiger partial charge is 0.458 e. The lowest BCUT2D eigenvalue weighted by Gasteiger charge is -2.57. The number of allylic oxidation sites excluding steroid dienone is 1. The smallest absolute Gasteiger partial charge is 0.303 e. The van der Waals surface area contributed by atoms with Gasteiger partial charge in [-0.15, -0.1) is 0 Å². The molecule has 7 atom stereocenters. The summed E-state index contributed by atoms with van der Waals surface area (Å²) in [5, 5.41) is 10.1. The second-order valence-corrected chi connectivity index (χ2v) is 10.1. The van der Waals surface area contributed by atoms with Gasteiger partial charge in [0.05, 0.1) is 6.10 Å². The predicted octanol–water partition coefficient (Wildman–Crippen LogP) is 4.06. The summed E-state index contributed by atoms with van der Waals surface area (Å²) in [4.78, 5) is 23.9. The van der Waals surface area contributed by atoms with Crippen molar-refractivity contribution in [3.63, 3.8) is 0 Å². The third-order valence-electron chi connectivity index (χ3n) is 8.88. The van der Waals surface area contributed by atoms with Crippen LogP contribution in [0.4, 0.5) is 0 Å². The number of carbonyl (C=O) groups excluding carboxylic acids is 2. The minimum atomic E-state index is -0.371. The molecule has 4 nitrogen and oxygen atoms in total. The van der Waals surface area contributed by atoms with Crippen molar-refractivity contribution in [3.05, 3.63) is 11.6 Å². The number of hydrogen-bond acceptors (Lipinski definition) is 4. The molecule has 0 unspecified atom stereocenters. The number of Topliss-reactive ketones (excluding diaryl/α,β-unsaturated/α-hetero) is 1. The highest BCUT2D eigenvalue weighted by Gasteiger charge is 2.59. The summed E-state index contributed by atoms with van der Waals surface area (Å²) in [6.07, 6.45) is 10.6. The van der Waals surface area contributed by atoms with Gasteiger partial charge in [-0.3, -0.25) is 9.59 Å². The van der Waals surface area contributed by atoms with Crippen LogP contribution in [-0.4, -0.2) is 29.6 Å². The Morgan fingerprint density at radius 1 is 1.15 bits per heavy atom. The van der Waals surface area contributed by atoms with Crippen molar-refractivity contribution in [2.45, 2.75) is 78.2 Å². The van der Waals surface area contributed by atoms with Gasteiger partial charge in [-0.2, -0.15) is 0 Å². The number of carbonyl (C=O) groups is 2. The Labute approximate surface area is 162 Å². The third-order valence-corrected chi connectivity index (χ3v) is 8.88. The molecular formula is C23H34O4. The van der Waals surface area contributed by atoms with E-state index in [4.69, 9.17) is 4.74 Å². The van der Waals surface area contributed by atoms with E-state index < -0.39 is 0 Å². The Bertz CT molecular complexity index is 667. The normalized spacial score (nSPS) is 45.9. The molecule has 27 heavy (non-hydrogen) atoms. The van der Waals surface area contributed by atoms with Crippen LogP contribution in [-0.2, 0) is 14.3 Å². The van der Waals surface area contributed by atoms with Crippen LogP contribution in [0.1, 0.15) is 72.1 Å². The Balaban J connectivity index is 1.55. The molecule has 0 aromatic heterocycles. The first-order chi connectivity index (χ1) is 12.8. The topological polar surface area (TPSA) is 63.6 Å². The molecule has 0 aromatic rings. The fourth-order valence-electron chi connectivity index (χ4n) is 7.44. The molecule has 0 aromatic carbocycles. The molecule has 4 heteroatoms. The van der Waals surface area contributed by atoms with Crippen LogP contribution < -0.4 is 0 Å². The van der Waals surface area contributed by atoms with Crippen LogP contribution in [0, 0.1) is 34.5 Å². The van der Waals surface area contributed by atoms with Crippen molar-refractivity contribution >= 4 is 11.8 Å². The summed E-state index contributed by atoms with van der Waals surface area (Å²) in [6.45, 7) is 6.06. The van der Waals surface area contributed by atoms with Gasteiger partial charge in [-0.1, -0.05) is 25.5 Å². The molecule has 1 N–H and O–H groups in total. The van der Waals surface area contributed by atoms with E-state index in [1.807, 2.05) is 0 Å². The van der Waals surface area contributed by atoms with Crippen LogP contribution in [0.5, 0.6) is 0 Å². The lowest BCUT2D eigenvalue weighted by atomic mass is 9.47. The van der Waals surface area contributed by atoms with Crippen LogP contribution in [0.3, 0.4) is 0 Å². The average Bonchev–Trinajstić information content (AvgIpc) is 2.97. The average molecular weight is 375 g/mol. The van der Waals surface area contributed by atoms with Crippen LogP contribution in [0.25, 0.3) is 0 Å².